The number of rotatable bonds is 4. The molecule has 4 heteroatoms. The van der Waals surface area contributed by atoms with Crippen molar-refractivity contribution in [2.24, 2.45) is 0 Å². The van der Waals surface area contributed by atoms with E-state index in [2.05, 4.69) is 0 Å². The normalized spacial score (nSPS) is 10.8. The van der Waals surface area contributed by atoms with Crippen LogP contribution in [0.15, 0.2) is 48.5 Å². The van der Waals surface area contributed by atoms with E-state index < -0.39 is 5.97 Å². The molecule has 0 bridgehead atoms. The summed E-state index contributed by atoms with van der Waals surface area (Å²) in [5.74, 6) is -0.533. The van der Waals surface area contributed by atoms with Crippen LogP contribution in [0.25, 0.3) is 10.9 Å². The Morgan fingerprint density at radius 1 is 1.18 bits per heavy atom. The highest BCUT2D eigenvalue weighted by atomic mass is 16.5. The molecule has 0 aliphatic carbocycles. The Bertz CT molecular complexity index is 834. The molecule has 0 saturated heterocycles. The molecule has 1 aromatic heterocycles. The molecule has 4 nitrogen and oxygen atoms in total. The van der Waals surface area contributed by atoms with Gasteiger partial charge in [-0.15, -0.1) is 0 Å². The van der Waals surface area contributed by atoms with Crippen LogP contribution in [-0.4, -0.2) is 17.6 Å². The van der Waals surface area contributed by atoms with Gasteiger partial charge in [-0.1, -0.05) is 30.3 Å². The first-order chi connectivity index (χ1) is 10.6. The largest absolute Gasteiger partial charge is 0.545 e. The van der Waals surface area contributed by atoms with E-state index in [4.69, 9.17) is 4.74 Å². The Balaban J connectivity index is 2.21. The van der Waals surface area contributed by atoms with E-state index in [-0.39, 0.29) is 5.56 Å². The fourth-order valence-electron chi connectivity index (χ4n) is 2.82. The summed E-state index contributed by atoms with van der Waals surface area (Å²) >= 11 is 0. The molecule has 0 saturated carbocycles. The minimum atomic E-state index is -1.16. The van der Waals surface area contributed by atoms with Crippen molar-refractivity contribution >= 4 is 16.9 Å². The highest BCUT2D eigenvalue weighted by molar-refractivity contribution is 6.04. The van der Waals surface area contributed by atoms with Crippen molar-refractivity contribution in [1.82, 2.24) is 4.57 Å². The number of aromatic nitrogens is 1. The van der Waals surface area contributed by atoms with E-state index in [1.54, 1.807) is 20.1 Å². The molecule has 1 heterocycles. The van der Waals surface area contributed by atoms with Gasteiger partial charge in [0.25, 0.3) is 0 Å². The van der Waals surface area contributed by atoms with Crippen molar-refractivity contribution in [3.8, 4) is 5.75 Å². The first-order valence-electron chi connectivity index (χ1n) is 7.04. The predicted octanol–water partition coefficient (Wildman–Crippen LogP) is 2.37. The van der Waals surface area contributed by atoms with Gasteiger partial charge in [-0.05, 0) is 30.7 Å². The highest BCUT2D eigenvalue weighted by Gasteiger charge is 2.15. The molecule has 3 aromatic rings. The van der Waals surface area contributed by atoms with Gasteiger partial charge in [0.1, 0.15) is 5.75 Å². The lowest BCUT2D eigenvalue weighted by Crippen LogP contribution is -2.23. The van der Waals surface area contributed by atoms with Crippen molar-refractivity contribution in [2.75, 3.05) is 7.11 Å². The molecule has 0 radical (unpaired) electrons. The summed E-state index contributed by atoms with van der Waals surface area (Å²) < 4.78 is 7.20. The van der Waals surface area contributed by atoms with Gasteiger partial charge in [0.15, 0.2) is 0 Å². The lowest BCUT2D eigenvalue weighted by Gasteiger charge is -2.09. The number of ether oxygens (including phenoxy) is 1. The van der Waals surface area contributed by atoms with Crippen LogP contribution in [-0.2, 0) is 6.54 Å². The van der Waals surface area contributed by atoms with E-state index in [0.29, 0.717) is 23.4 Å². The number of hydrogen-bond donors (Lipinski definition) is 0. The predicted molar refractivity (Wildman–Crippen MR) is 83.1 cm³/mol. The van der Waals surface area contributed by atoms with Crippen molar-refractivity contribution in [2.45, 2.75) is 13.5 Å². The Morgan fingerprint density at radius 3 is 2.55 bits per heavy atom. The number of carbonyl (C=O) groups is 1. The standard InChI is InChI=1S/C18H17NO3/c1-12-17(18(20)21)15-10-14(22-2)8-9-16(15)19(12)11-13-6-4-3-5-7-13/h3-10H,11H2,1-2H3,(H,20,21)/p-1. The third-order valence-electron chi connectivity index (χ3n) is 3.92. The smallest absolute Gasteiger partial charge is 0.119 e. The molecule has 0 spiro atoms. The van der Waals surface area contributed by atoms with E-state index in [0.717, 1.165) is 11.1 Å². The molecule has 0 aliphatic heterocycles. The number of nitrogens with zero attached hydrogens (tertiary/aromatic N) is 1. The van der Waals surface area contributed by atoms with E-state index in [1.165, 1.54) is 0 Å². The summed E-state index contributed by atoms with van der Waals surface area (Å²) in [6, 6.07) is 15.4. The number of fused-ring (bicyclic) bond motifs is 1. The summed E-state index contributed by atoms with van der Waals surface area (Å²) in [5.41, 5.74) is 2.89. The van der Waals surface area contributed by atoms with E-state index in [9.17, 15) is 9.90 Å². The second kappa shape index (κ2) is 5.56. The number of carboxylic acid groups (broad SMARTS) is 1. The molecule has 0 fully saturated rings. The summed E-state index contributed by atoms with van der Waals surface area (Å²) in [5, 5.41) is 12.2. The van der Waals surface area contributed by atoms with Crippen molar-refractivity contribution in [1.29, 1.82) is 0 Å². The SMILES string of the molecule is COc1ccc2c(c1)c(C(=O)[O-])c(C)n2Cc1ccccc1. The number of carboxylic acids is 1. The number of aromatic carboxylic acids is 1. The third-order valence-corrected chi connectivity index (χ3v) is 3.92. The average molecular weight is 294 g/mol. The number of carbonyl (C=O) groups excluding carboxylic acids is 1. The number of methoxy groups -OCH3 is 1. The highest BCUT2D eigenvalue weighted by Crippen LogP contribution is 2.29. The minimum Gasteiger partial charge on any atom is -0.545 e. The van der Waals surface area contributed by atoms with Crippen LogP contribution >= 0.6 is 0 Å². The quantitative estimate of drug-likeness (QED) is 0.742. The first kappa shape index (κ1) is 14.2. The zero-order valence-corrected chi connectivity index (χ0v) is 12.5. The molecule has 0 aliphatic rings. The fourth-order valence-corrected chi connectivity index (χ4v) is 2.82. The van der Waals surface area contributed by atoms with Gasteiger partial charge in [0, 0.05) is 28.7 Å². The minimum absolute atomic E-state index is 0.227. The van der Waals surface area contributed by atoms with Gasteiger partial charge >= 0.3 is 0 Å². The fraction of sp³-hybridized carbons (Fsp3) is 0.167. The maximum atomic E-state index is 11.5. The zero-order valence-electron chi connectivity index (χ0n) is 12.5. The first-order valence-corrected chi connectivity index (χ1v) is 7.04. The second-order valence-electron chi connectivity index (χ2n) is 5.20. The van der Waals surface area contributed by atoms with Crippen LogP contribution in [0.4, 0.5) is 0 Å². The Kier molecular flexibility index (Phi) is 3.59. The van der Waals surface area contributed by atoms with Gasteiger partial charge in [0.05, 0.1) is 13.1 Å². The molecule has 3 rings (SSSR count). The van der Waals surface area contributed by atoms with Crippen LogP contribution in [0.1, 0.15) is 21.6 Å². The summed E-state index contributed by atoms with van der Waals surface area (Å²) in [6.45, 7) is 2.42. The van der Waals surface area contributed by atoms with Crippen molar-refractivity contribution in [3.05, 3.63) is 65.4 Å². The topological polar surface area (TPSA) is 54.3 Å². The van der Waals surface area contributed by atoms with Crippen LogP contribution in [0.2, 0.25) is 0 Å². The van der Waals surface area contributed by atoms with Crippen LogP contribution in [0.5, 0.6) is 5.75 Å². The van der Waals surface area contributed by atoms with E-state index >= 15 is 0 Å². The van der Waals surface area contributed by atoms with Crippen molar-refractivity contribution in [3.63, 3.8) is 0 Å². The molecular formula is C18H16NO3-. The summed E-state index contributed by atoms with van der Waals surface area (Å²) in [7, 11) is 1.56. The van der Waals surface area contributed by atoms with Crippen molar-refractivity contribution < 1.29 is 14.6 Å². The Labute approximate surface area is 128 Å². The Morgan fingerprint density at radius 2 is 1.91 bits per heavy atom. The van der Waals surface area contributed by atoms with Gasteiger partial charge < -0.3 is 19.2 Å². The third kappa shape index (κ3) is 2.33. The maximum Gasteiger partial charge on any atom is 0.119 e. The average Bonchev–Trinajstić information content (AvgIpc) is 2.80. The maximum absolute atomic E-state index is 11.5. The van der Waals surface area contributed by atoms with Gasteiger partial charge in [0.2, 0.25) is 0 Å². The molecule has 0 amide bonds. The van der Waals surface area contributed by atoms with E-state index in [1.807, 2.05) is 47.0 Å². The lowest BCUT2D eigenvalue weighted by molar-refractivity contribution is -0.254. The van der Waals surface area contributed by atoms with Crippen LogP contribution < -0.4 is 9.84 Å². The summed E-state index contributed by atoms with van der Waals surface area (Å²) in [4.78, 5) is 11.5. The lowest BCUT2D eigenvalue weighted by atomic mass is 10.1. The number of benzene rings is 2. The molecule has 22 heavy (non-hydrogen) atoms. The zero-order chi connectivity index (χ0) is 15.7. The summed E-state index contributed by atoms with van der Waals surface area (Å²) in [6.07, 6.45) is 0. The molecule has 2 aromatic carbocycles. The molecule has 0 N–H and O–H groups in total. The molecule has 112 valence electrons. The molecule has 0 unspecified atom stereocenters. The van der Waals surface area contributed by atoms with Crippen LogP contribution in [0, 0.1) is 6.92 Å². The van der Waals surface area contributed by atoms with Gasteiger partial charge in [-0.2, -0.15) is 0 Å². The molecular weight excluding hydrogens is 278 g/mol. The molecule has 0 atom stereocenters. The monoisotopic (exact) mass is 294 g/mol. The van der Waals surface area contributed by atoms with Gasteiger partial charge in [-0.25, -0.2) is 0 Å². The Hall–Kier alpha value is -2.75. The van der Waals surface area contributed by atoms with Gasteiger partial charge in [-0.3, -0.25) is 0 Å². The van der Waals surface area contributed by atoms with Crippen LogP contribution in [0.3, 0.4) is 0 Å². The number of hydrogen-bond acceptors (Lipinski definition) is 3. The second-order valence-corrected chi connectivity index (χ2v) is 5.20.